The summed E-state index contributed by atoms with van der Waals surface area (Å²) in [6, 6.07) is 0. The maximum Gasteiger partial charge on any atom is 0.151 e. The van der Waals surface area contributed by atoms with Crippen LogP contribution in [0.1, 0.15) is 53.9 Å². The molecule has 0 heterocycles. The molecule has 120 valence electrons. The van der Waals surface area contributed by atoms with Gasteiger partial charge in [-0.15, -0.1) is 0 Å². The van der Waals surface area contributed by atoms with Crippen molar-refractivity contribution in [3.8, 4) is 0 Å². The molecule has 3 unspecified atom stereocenters. The molecule has 0 aromatic heterocycles. The van der Waals surface area contributed by atoms with E-state index in [2.05, 4.69) is 77.8 Å². The van der Waals surface area contributed by atoms with Crippen molar-refractivity contribution in [3.05, 3.63) is 23.8 Å². The Morgan fingerprint density at radius 2 is 1.90 bits per heavy atom. The van der Waals surface area contributed by atoms with Gasteiger partial charge >= 0.3 is 0 Å². The van der Waals surface area contributed by atoms with Crippen LogP contribution in [-0.4, -0.2) is 29.9 Å². The second kappa shape index (κ2) is 13.0. The molecule has 0 fully saturated rings. The van der Waals surface area contributed by atoms with E-state index in [1.54, 1.807) is 0 Å². The second-order valence-corrected chi connectivity index (χ2v) is 6.48. The molecule has 3 atom stereocenters. The standard InChI is InChI=1S/C18H34N2P/c1-6-8-9-10-16(3)14-19-15-18(5)17(4)11-13-20(21)12-7-2/h8-10,12,14,17-18H,6-7,11,13,15,21H2,1-5H3/q+1. The van der Waals surface area contributed by atoms with E-state index in [4.69, 9.17) is 0 Å². The first-order chi connectivity index (χ1) is 10.0. The summed E-state index contributed by atoms with van der Waals surface area (Å²) in [6.45, 7) is 13.1. The average Bonchev–Trinajstić information content (AvgIpc) is 2.45. The monoisotopic (exact) mass is 309 g/mol. The van der Waals surface area contributed by atoms with E-state index in [0.29, 0.717) is 11.8 Å². The van der Waals surface area contributed by atoms with Gasteiger partial charge in [0.1, 0.15) is 12.8 Å². The van der Waals surface area contributed by atoms with Crippen LogP contribution in [0.5, 0.6) is 0 Å². The predicted molar refractivity (Wildman–Crippen MR) is 101 cm³/mol. The van der Waals surface area contributed by atoms with Crippen LogP contribution in [-0.2, 0) is 0 Å². The smallest absolute Gasteiger partial charge is 0.151 e. The van der Waals surface area contributed by atoms with E-state index in [0.717, 1.165) is 25.9 Å². The summed E-state index contributed by atoms with van der Waals surface area (Å²) in [5, 5.41) is 0. The third-order valence-corrected chi connectivity index (χ3v) is 4.12. The van der Waals surface area contributed by atoms with Gasteiger partial charge in [0.2, 0.25) is 0 Å². The van der Waals surface area contributed by atoms with Crippen molar-refractivity contribution in [2.24, 2.45) is 16.8 Å². The van der Waals surface area contributed by atoms with Crippen molar-refractivity contribution >= 4 is 21.8 Å². The zero-order valence-corrected chi connectivity index (χ0v) is 15.7. The maximum atomic E-state index is 4.58. The summed E-state index contributed by atoms with van der Waals surface area (Å²) in [6.07, 6.45) is 14.0. The van der Waals surface area contributed by atoms with Crippen LogP contribution in [0.15, 0.2) is 28.8 Å². The first kappa shape index (κ1) is 20.2. The Labute approximate surface area is 134 Å². The molecule has 0 aliphatic carbocycles. The Morgan fingerprint density at radius 3 is 2.52 bits per heavy atom. The maximum absolute atomic E-state index is 4.58. The Hall–Kier alpha value is -0.750. The van der Waals surface area contributed by atoms with Gasteiger partial charge in [-0.2, -0.15) is 0 Å². The van der Waals surface area contributed by atoms with Crippen LogP contribution >= 0.6 is 9.39 Å². The fourth-order valence-corrected chi connectivity index (χ4v) is 2.26. The van der Waals surface area contributed by atoms with Gasteiger partial charge in [0.15, 0.2) is 9.39 Å². The zero-order valence-electron chi connectivity index (χ0n) is 14.5. The van der Waals surface area contributed by atoms with E-state index >= 15 is 0 Å². The van der Waals surface area contributed by atoms with Gasteiger partial charge in [-0.25, -0.2) is 4.35 Å². The fourth-order valence-electron chi connectivity index (χ4n) is 1.90. The topological polar surface area (TPSA) is 15.4 Å². The zero-order chi connectivity index (χ0) is 16.1. The van der Waals surface area contributed by atoms with Gasteiger partial charge in [-0.3, -0.25) is 4.99 Å². The van der Waals surface area contributed by atoms with Crippen molar-refractivity contribution in [1.82, 2.24) is 0 Å². The van der Waals surface area contributed by atoms with Gasteiger partial charge in [-0.1, -0.05) is 45.9 Å². The number of allylic oxidation sites excluding steroid dienone is 4. The lowest BCUT2D eigenvalue weighted by molar-refractivity contribution is -0.351. The number of rotatable bonds is 10. The number of hydrogen-bond donors (Lipinski definition) is 0. The van der Waals surface area contributed by atoms with Crippen LogP contribution in [0.2, 0.25) is 0 Å². The lowest BCUT2D eigenvalue weighted by Crippen LogP contribution is -2.15. The van der Waals surface area contributed by atoms with Crippen molar-refractivity contribution in [3.63, 3.8) is 0 Å². The third-order valence-electron chi connectivity index (χ3n) is 3.65. The van der Waals surface area contributed by atoms with Crippen LogP contribution < -0.4 is 0 Å². The highest BCUT2D eigenvalue weighted by Gasteiger charge is 2.13. The molecular formula is C18H34N2P+. The summed E-state index contributed by atoms with van der Waals surface area (Å²) in [7, 11) is 2.78. The fraction of sp³-hybridized carbons (Fsp3) is 0.667. The summed E-state index contributed by atoms with van der Waals surface area (Å²) in [4.78, 5) is 4.58. The van der Waals surface area contributed by atoms with Crippen LogP contribution in [0, 0.1) is 11.8 Å². The molecule has 0 aliphatic rings. The Kier molecular flexibility index (Phi) is 12.5. The van der Waals surface area contributed by atoms with Crippen molar-refractivity contribution < 1.29 is 4.35 Å². The van der Waals surface area contributed by atoms with E-state index in [1.807, 2.05) is 6.21 Å². The molecule has 0 aromatic rings. The molecule has 0 bridgehead atoms. The largest absolute Gasteiger partial charge is 0.293 e. The minimum atomic E-state index is 0.625. The Balaban J connectivity index is 4.12. The molecule has 3 heteroatoms. The number of aliphatic imine (C=N–C) groups is 1. The van der Waals surface area contributed by atoms with E-state index in [-0.39, 0.29) is 0 Å². The molecule has 21 heavy (non-hydrogen) atoms. The minimum Gasteiger partial charge on any atom is -0.293 e. The van der Waals surface area contributed by atoms with E-state index < -0.39 is 0 Å². The van der Waals surface area contributed by atoms with Crippen LogP contribution in [0.3, 0.4) is 0 Å². The summed E-state index contributed by atoms with van der Waals surface area (Å²) >= 11 is 0. The van der Waals surface area contributed by atoms with Crippen molar-refractivity contribution in [2.75, 3.05) is 13.1 Å². The number of hydrogen-bond acceptors (Lipinski definition) is 1. The van der Waals surface area contributed by atoms with Crippen LogP contribution in [0.4, 0.5) is 0 Å². The molecule has 0 saturated heterocycles. The molecule has 0 N–H and O–H groups in total. The molecule has 0 saturated carbocycles. The average molecular weight is 309 g/mol. The normalized spacial score (nSPS) is 16.9. The molecule has 0 amide bonds. The van der Waals surface area contributed by atoms with Crippen LogP contribution in [0.25, 0.3) is 0 Å². The van der Waals surface area contributed by atoms with Gasteiger partial charge in [0.05, 0.1) is 0 Å². The first-order valence-electron chi connectivity index (χ1n) is 8.19. The second-order valence-electron chi connectivity index (χ2n) is 5.81. The Bertz CT molecular complexity index is 381. The third kappa shape index (κ3) is 11.6. The van der Waals surface area contributed by atoms with Gasteiger partial charge in [0.25, 0.3) is 0 Å². The highest BCUT2D eigenvalue weighted by atomic mass is 31.0. The molecule has 2 nitrogen and oxygen atoms in total. The van der Waals surface area contributed by atoms with E-state index in [9.17, 15) is 0 Å². The summed E-state index contributed by atoms with van der Waals surface area (Å²) in [5.74, 6) is 1.32. The first-order valence-corrected chi connectivity index (χ1v) is 8.70. The molecule has 0 spiro atoms. The highest BCUT2D eigenvalue weighted by molar-refractivity contribution is 7.08. The number of nitrogens with zero attached hydrogens (tertiary/aromatic N) is 2. The predicted octanol–water partition coefficient (Wildman–Crippen LogP) is 4.92. The lowest BCUT2D eigenvalue weighted by Gasteiger charge is -2.16. The van der Waals surface area contributed by atoms with Gasteiger partial charge in [0, 0.05) is 25.6 Å². The quantitative estimate of drug-likeness (QED) is 0.309. The Morgan fingerprint density at radius 1 is 1.19 bits per heavy atom. The van der Waals surface area contributed by atoms with Gasteiger partial charge < -0.3 is 0 Å². The van der Waals surface area contributed by atoms with Crippen molar-refractivity contribution in [2.45, 2.75) is 53.9 Å². The van der Waals surface area contributed by atoms with Crippen molar-refractivity contribution in [1.29, 1.82) is 0 Å². The molecule has 0 radical (unpaired) electrons. The molecule has 0 aliphatic heterocycles. The summed E-state index contributed by atoms with van der Waals surface area (Å²) in [5.41, 5.74) is 1.22. The minimum absolute atomic E-state index is 0.625. The van der Waals surface area contributed by atoms with Gasteiger partial charge in [-0.05, 0) is 30.8 Å². The summed E-state index contributed by atoms with van der Waals surface area (Å²) < 4.78 is 2.22. The highest BCUT2D eigenvalue weighted by Crippen LogP contribution is 2.15. The molecule has 0 aromatic carbocycles. The van der Waals surface area contributed by atoms with E-state index in [1.165, 1.54) is 12.0 Å². The lowest BCUT2D eigenvalue weighted by atomic mass is 9.93. The molecule has 0 rings (SSSR count). The SMILES string of the molecule is CCC=CC=C(C)C=NCC(C)C(C)CC[N+](P)=CCC. The molecular weight excluding hydrogens is 275 g/mol.